The molecule has 0 saturated heterocycles. The molecule has 1 aromatic heterocycles. The van der Waals surface area contributed by atoms with Crippen LogP contribution < -0.4 is 4.90 Å². The van der Waals surface area contributed by atoms with E-state index in [0.29, 0.717) is 0 Å². The zero-order valence-corrected chi connectivity index (χ0v) is 11.3. The molecule has 2 aromatic rings. The molecule has 18 heavy (non-hydrogen) atoms. The summed E-state index contributed by atoms with van der Waals surface area (Å²) in [5.74, 6) is 1.06. The predicted molar refractivity (Wildman–Crippen MR) is 75.0 cm³/mol. The number of imidazole rings is 1. The molecular weight excluding hydrogens is 222 g/mol. The molecule has 0 N–H and O–H groups in total. The predicted octanol–water partition coefficient (Wildman–Crippen LogP) is 2.78. The summed E-state index contributed by atoms with van der Waals surface area (Å²) in [6, 6.07) is 6.71. The van der Waals surface area contributed by atoms with Gasteiger partial charge in [0.25, 0.3) is 0 Å². The lowest BCUT2D eigenvalue weighted by Crippen LogP contribution is -2.24. The molecular formula is C15H19N3. The first kappa shape index (κ1) is 11.3. The molecule has 94 valence electrons. The van der Waals surface area contributed by atoms with E-state index in [1.54, 1.807) is 0 Å². The Morgan fingerprint density at radius 1 is 1.22 bits per heavy atom. The van der Waals surface area contributed by atoms with E-state index in [2.05, 4.69) is 45.9 Å². The van der Waals surface area contributed by atoms with Crippen molar-refractivity contribution in [3.63, 3.8) is 0 Å². The molecule has 2 heterocycles. The van der Waals surface area contributed by atoms with E-state index >= 15 is 0 Å². The number of nitrogens with zero attached hydrogens (tertiary/aromatic N) is 3. The first-order valence-corrected chi connectivity index (χ1v) is 6.49. The van der Waals surface area contributed by atoms with Crippen LogP contribution in [-0.2, 0) is 13.5 Å². The maximum atomic E-state index is 4.60. The van der Waals surface area contributed by atoms with Crippen LogP contribution in [0.3, 0.4) is 0 Å². The number of hydrogen-bond donors (Lipinski definition) is 0. The first-order valence-electron chi connectivity index (χ1n) is 6.49. The van der Waals surface area contributed by atoms with Crippen molar-refractivity contribution in [2.75, 3.05) is 18.5 Å². The molecule has 0 amide bonds. The Kier molecular flexibility index (Phi) is 2.62. The van der Waals surface area contributed by atoms with Crippen molar-refractivity contribution in [2.24, 2.45) is 7.05 Å². The van der Waals surface area contributed by atoms with E-state index in [1.807, 2.05) is 14.0 Å². The lowest BCUT2D eigenvalue weighted by Gasteiger charge is -2.27. The lowest BCUT2D eigenvalue weighted by atomic mass is 9.99. The second kappa shape index (κ2) is 4.16. The second-order valence-electron chi connectivity index (χ2n) is 5.15. The molecule has 0 unspecified atom stereocenters. The Morgan fingerprint density at radius 3 is 2.78 bits per heavy atom. The van der Waals surface area contributed by atoms with Crippen LogP contribution in [0.2, 0.25) is 0 Å². The third-order valence-corrected chi connectivity index (χ3v) is 3.83. The van der Waals surface area contributed by atoms with E-state index in [9.17, 15) is 0 Å². The molecule has 0 atom stereocenters. The van der Waals surface area contributed by atoms with Crippen molar-refractivity contribution in [3.05, 3.63) is 35.8 Å². The van der Waals surface area contributed by atoms with Gasteiger partial charge in [0.1, 0.15) is 5.82 Å². The van der Waals surface area contributed by atoms with Crippen molar-refractivity contribution < 1.29 is 0 Å². The van der Waals surface area contributed by atoms with Gasteiger partial charge >= 0.3 is 0 Å². The topological polar surface area (TPSA) is 21.1 Å². The molecule has 3 heteroatoms. The number of aromatic nitrogens is 2. The van der Waals surface area contributed by atoms with Gasteiger partial charge in [-0.2, -0.15) is 0 Å². The van der Waals surface area contributed by atoms with E-state index in [-0.39, 0.29) is 0 Å². The van der Waals surface area contributed by atoms with Gasteiger partial charge in [0.15, 0.2) is 0 Å². The van der Waals surface area contributed by atoms with Crippen LogP contribution in [-0.4, -0.2) is 23.1 Å². The minimum absolute atomic E-state index is 1.06. The fourth-order valence-electron chi connectivity index (χ4n) is 2.64. The van der Waals surface area contributed by atoms with E-state index in [0.717, 1.165) is 18.1 Å². The molecule has 0 radical (unpaired) electrons. The highest BCUT2D eigenvalue weighted by Crippen LogP contribution is 2.30. The van der Waals surface area contributed by atoms with Crippen molar-refractivity contribution >= 4 is 5.69 Å². The van der Waals surface area contributed by atoms with Gasteiger partial charge < -0.3 is 9.47 Å². The van der Waals surface area contributed by atoms with Gasteiger partial charge in [-0.05, 0) is 37.5 Å². The summed E-state index contributed by atoms with van der Waals surface area (Å²) >= 11 is 0. The standard InChI is InChI=1S/C15H19N3/c1-11-16-14(10-18(11)3)12-6-7-15-13(9-12)5-4-8-17(15)2/h6-7,9-10H,4-5,8H2,1-3H3. The summed E-state index contributed by atoms with van der Waals surface area (Å²) in [4.78, 5) is 6.94. The van der Waals surface area contributed by atoms with Crippen molar-refractivity contribution in [3.8, 4) is 11.3 Å². The molecule has 1 aromatic carbocycles. The van der Waals surface area contributed by atoms with Crippen LogP contribution in [0.4, 0.5) is 5.69 Å². The van der Waals surface area contributed by atoms with Gasteiger partial charge in [-0.25, -0.2) is 4.98 Å². The first-order chi connectivity index (χ1) is 8.65. The van der Waals surface area contributed by atoms with Gasteiger partial charge in [-0.1, -0.05) is 6.07 Å². The maximum Gasteiger partial charge on any atom is 0.105 e. The molecule has 3 nitrogen and oxygen atoms in total. The summed E-state index contributed by atoms with van der Waals surface area (Å²) < 4.78 is 2.07. The van der Waals surface area contributed by atoms with Crippen molar-refractivity contribution in [1.29, 1.82) is 0 Å². The summed E-state index contributed by atoms with van der Waals surface area (Å²) in [7, 11) is 4.21. The van der Waals surface area contributed by atoms with Gasteiger partial charge in [-0.3, -0.25) is 0 Å². The third kappa shape index (κ3) is 1.80. The summed E-state index contributed by atoms with van der Waals surface area (Å²) in [5.41, 5.74) is 5.13. The lowest BCUT2D eigenvalue weighted by molar-refractivity contribution is 0.745. The second-order valence-corrected chi connectivity index (χ2v) is 5.15. The SMILES string of the molecule is Cc1nc(-c2ccc3c(c2)CCCN3C)cn1C. The van der Waals surface area contributed by atoms with Gasteiger partial charge in [0.2, 0.25) is 0 Å². The Morgan fingerprint density at radius 2 is 2.06 bits per heavy atom. The zero-order valence-electron chi connectivity index (χ0n) is 11.3. The largest absolute Gasteiger partial charge is 0.374 e. The van der Waals surface area contributed by atoms with Crippen LogP contribution >= 0.6 is 0 Å². The Labute approximate surface area is 108 Å². The fourth-order valence-corrected chi connectivity index (χ4v) is 2.64. The highest BCUT2D eigenvalue weighted by atomic mass is 15.1. The highest BCUT2D eigenvalue weighted by Gasteiger charge is 2.14. The molecule has 0 fully saturated rings. The van der Waals surface area contributed by atoms with E-state index in [4.69, 9.17) is 0 Å². The third-order valence-electron chi connectivity index (χ3n) is 3.83. The smallest absolute Gasteiger partial charge is 0.105 e. The number of benzene rings is 1. The minimum Gasteiger partial charge on any atom is -0.374 e. The summed E-state index contributed by atoms with van der Waals surface area (Å²) in [6.07, 6.45) is 4.52. The van der Waals surface area contributed by atoms with Gasteiger partial charge in [0.05, 0.1) is 5.69 Å². The van der Waals surface area contributed by atoms with Gasteiger partial charge in [-0.15, -0.1) is 0 Å². The zero-order chi connectivity index (χ0) is 12.7. The molecule has 3 rings (SSSR count). The average molecular weight is 241 g/mol. The number of aryl methyl sites for hydroxylation is 3. The molecule has 0 spiro atoms. The minimum atomic E-state index is 1.06. The molecule has 0 saturated carbocycles. The Balaban J connectivity index is 2.04. The molecule has 1 aliphatic rings. The average Bonchev–Trinajstić information content (AvgIpc) is 2.70. The normalized spacial score (nSPS) is 14.7. The van der Waals surface area contributed by atoms with Crippen LogP contribution in [0.5, 0.6) is 0 Å². The van der Waals surface area contributed by atoms with Crippen LogP contribution in [0, 0.1) is 6.92 Å². The Bertz CT molecular complexity index is 564. The molecule has 0 aliphatic carbocycles. The number of rotatable bonds is 1. The quantitative estimate of drug-likeness (QED) is 0.765. The Hall–Kier alpha value is -1.77. The maximum absolute atomic E-state index is 4.60. The molecule has 0 bridgehead atoms. The van der Waals surface area contributed by atoms with Crippen LogP contribution in [0.1, 0.15) is 17.8 Å². The molecule has 1 aliphatic heterocycles. The van der Waals surface area contributed by atoms with Gasteiger partial charge in [0, 0.05) is 38.1 Å². The van der Waals surface area contributed by atoms with E-state index in [1.165, 1.54) is 29.7 Å². The number of anilines is 1. The van der Waals surface area contributed by atoms with Crippen molar-refractivity contribution in [1.82, 2.24) is 9.55 Å². The number of fused-ring (bicyclic) bond motifs is 1. The van der Waals surface area contributed by atoms with E-state index < -0.39 is 0 Å². The fraction of sp³-hybridized carbons (Fsp3) is 0.400. The number of hydrogen-bond acceptors (Lipinski definition) is 2. The highest BCUT2D eigenvalue weighted by molar-refractivity contribution is 5.67. The monoisotopic (exact) mass is 241 g/mol. The van der Waals surface area contributed by atoms with Crippen LogP contribution in [0.25, 0.3) is 11.3 Å². The summed E-state index contributed by atoms with van der Waals surface area (Å²) in [6.45, 7) is 3.20. The van der Waals surface area contributed by atoms with Crippen LogP contribution in [0.15, 0.2) is 24.4 Å². The van der Waals surface area contributed by atoms with Crippen molar-refractivity contribution in [2.45, 2.75) is 19.8 Å². The summed E-state index contributed by atoms with van der Waals surface area (Å²) in [5, 5.41) is 0.